The highest BCUT2D eigenvalue weighted by atomic mass is 16.6. The van der Waals surface area contributed by atoms with Gasteiger partial charge in [0, 0.05) is 23.5 Å². The van der Waals surface area contributed by atoms with Gasteiger partial charge in [0.2, 0.25) is 0 Å². The minimum atomic E-state index is -0.468. The van der Waals surface area contributed by atoms with E-state index in [-0.39, 0.29) is 24.2 Å². The maximum absolute atomic E-state index is 12.1. The van der Waals surface area contributed by atoms with Crippen LogP contribution in [0.2, 0.25) is 0 Å². The van der Waals surface area contributed by atoms with Crippen molar-refractivity contribution in [3.8, 4) is 16.9 Å². The SMILES string of the molecule is CCNC(=O)COc1cc2c(N[C@H](C)c3ccccc3)c([N+](=O)[O-])cnc2cc1-c1c(C)noc1C. The van der Waals surface area contributed by atoms with Gasteiger partial charge in [0.05, 0.1) is 21.7 Å². The molecule has 2 aromatic carbocycles. The summed E-state index contributed by atoms with van der Waals surface area (Å²) in [5, 5.41) is 22.4. The molecule has 0 saturated carbocycles. The van der Waals surface area contributed by atoms with Crippen molar-refractivity contribution >= 4 is 28.2 Å². The molecule has 2 N–H and O–H groups in total. The zero-order chi connectivity index (χ0) is 25.8. The van der Waals surface area contributed by atoms with Gasteiger partial charge in [0.25, 0.3) is 5.91 Å². The zero-order valence-electron chi connectivity index (χ0n) is 20.5. The number of benzene rings is 2. The van der Waals surface area contributed by atoms with Gasteiger partial charge in [-0.05, 0) is 45.4 Å². The molecule has 0 radical (unpaired) electrons. The average Bonchev–Trinajstić information content (AvgIpc) is 3.20. The first kappa shape index (κ1) is 24.6. The van der Waals surface area contributed by atoms with E-state index in [0.717, 1.165) is 11.1 Å². The molecule has 10 heteroatoms. The molecule has 10 nitrogen and oxygen atoms in total. The normalized spacial score (nSPS) is 11.8. The van der Waals surface area contributed by atoms with Crippen LogP contribution in [-0.4, -0.2) is 34.1 Å². The molecule has 0 bridgehead atoms. The summed E-state index contributed by atoms with van der Waals surface area (Å²) < 4.78 is 11.3. The van der Waals surface area contributed by atoms with Crippen LogP contribution < -0.4 is 15.4 Å². The second kappa shape index (κ2) is 10.4. The molecule has 0 saturated heterocycles. The molecular weight excluding hydrogens is 462 g/mol. The molecule has 4 aromatic rings. The summed E-state index contributed by atoms with van der Waals surface area (Å²) in [5.41, 5.74) is 3.63. The third-order valence-electron chi connectivity index (χ3n) is 5.84. The van der Waals surface area contributed by atoms with Crippen LogP contribution in [0, 0.1) is 24.0 Å². The summed E-state index contributed by atoms with van der Waals surface area (Å²) in [7, 11) is 0. The quantitative estimate of drug-likeness (QED) is 0.245. The van der Waals surface area contributed by atoms with Crippen molar-refractivity contribution in [2.24, 2.45) is 0 Å². The van der Waals surface area contributed by atoms with E-state index in [1.54, 1.807) is 26.0 Å². The lowest BCUT2D eigenvalue weighted by atomic mass is 9.99. The number of amides is 1. The number of likely N-dealkylation sites (N-methyl/N-ethyl adjacent to an activating group) is 1. The summed E-state index contributed by atoms with van der Waals surface area (Å²) in [6.45, 7) is 7.58. The Hall–Kier alpha value is -4.47. The lowest BCUT2D eigenvalue weighted by molar-refractivity contribution is -0.384. The first-order valence-corrected chi connectivity index (χ1v) is 11.6. The molecule has 4 rings (SSSR count). The molecule has 2 aromatic heterocycles. The van der Waals surface area contributed by atoms with Gasteiger partial charge in [-0.3, -0.25) is 14.9 Å². The van der Waals surface area contributed by atoms with E-state index in [9.17, 15) is 14.9 Å². The fourth-order valence-corrected chi connectivity index (χ4v) is 4.11. The molecule has 186 valence electrons. The zero-order valence-corrected chi connectivity index (χ0v) is 20.5. The Morgan fingerprint density at radius 3 is 2.61 bits per heavy atom. The Morgan fingerprint density at radius 2 is 1.97 bits per heavy atom. The van der Waals surface area contributed by atoms with Crippen molar-refractivity contribution in [3.05, 3.63) is 75.8 Å². The minimum Gasteiger partial charge on any atom is -0.483 e. The predicted octanol–water partition coefficient (Wildman–Crippen LogP) is 5.10. The number of aryl methyl sites for hydroxylation is 2. The fourth-order valence-electron chi connectivity index (χ4n) is 4.11. The number of carbonyl (C=O) groups is 1. The monoisotopic (exact) mass is 489 g/mol. The summed E-state index contributed by atoms with van der Waals surface area (Å²) >= 11 is 0. The number of hydrogen-bond acceptors (Lipinski definition) is 8. The largest absolute Gasteiger partial charge is 0.483 e. The smallest absolute Gasteiger partial charge is 0.311 e. The first-order chi connectivity index (χ1) is 17.3. The van der Waals surface area contributed by atoms with E-state index in [0.29, 0.717) is 45.9 Å². The first-order valence-electron chi connectivity index (χ1n) is 11.6. The second-order valence-corrected chi connectivity index (χ2v) is 8.36. The van der Waals surface area contributed by atoms with Gasteiger partial charge < -0.3 is 19.9 Å². The van der Waals surface area contributed by atoms with Crippen molar-refractivity contribution in [2.45, 2.75) is 33.7 Å². The Morgan fingerprint density at radius 1 is 1.22 bits per heavy atom. The van der Waals surface area contributed by atoms with Crippen LogP contribution in [0.5, 0.6) is 5.75 Å². The standard InChI is InChI=1S/C26H27N5O5/c1-5-27-24(32)14-35-23-12-19-21(11-20(23)25-16(3)30-36-17(25)4)28-13-22(31(33)34)26(19)29-15(2)18-9-7-6-8-10-18/h6-13,15H,5,14H2,1-4H3,(H,27,32)(H,28,29)/t15-/m1/s1. The molecule has 0 fully saturated rings. The molecule has 0 aliphatic heterocycles. The third kappa shape index (κ3) is 4.97. The number of fused-ring (bicyclic) bond motifs is 1. The van der Waals surface area contributed by atoms with Gasteiger partial charge in [-0.2, -0.15) is 0 Å². The van der Waals surface area contributed by atoms with Crippen LogP contribution in [0.3, 0.4) is 0 Å². The molecule has 36 heavy (non-hydrogen) atoms. The number of anilines is 1. The second-order valence-electron chi connectivity index (χ2n) is 8.36. The lowest BCUT2D eigenvalue weighted by Crippen LogP contribution is -2.28. The maximum atomic E-state index is 12.1. The topological polar surface area (TPSA) is 132 Å². The Bertz CT molecular complexity index is 1400. The van der Waals surface area contributed by atoms with Gasteiger partial charge in [0.1, 0.15) is 23.4 Å². The Labute approximate surface area is 207 Å². The van der Waals surface area contributed by atoms with Gasteiger partial charge in [-0.1, -0.05) is 35.5 Å². The number of ether oxygens (including phenoxy) is 1. The number of nitrogens with zero attached hydrogens (tertiary/aromatic N) is 3. The summed E-state index contributed by atoms with van der Waals surface area (Å²) in [4.78, 5) is 28.0. The summed E-state index contributed by atoms with van der Waals surface area (Å²) in [6, 6.07) is 12.9. The van der Waals surface area contributed by atoms with Crippen molar-refractivity contribution in [1.29, 1.82) is 0 Å². The number of aromatic nitrogens is 2. The molecule has 2 heterocycles. The van der Waals surface area contributed by atoms with Crippen molar-refractivity contribution < 1.29 is 19.0 Å². The van der Waals surface area contributed by atoms with E-state index in [1.807, 2.05) is 44.2 Å². The van der Waals surface area contributed by atoms with Gasteiger partial charge in [-0.25, -0.2) is 4.98 Å². The molecule has 0 aliphatic carbocycles. The van der Waals surface area contributed by atoms with Crippen LogP contribution in [0.1, 0.15) is 36.9 Å². The molecule has 0 spiro atoms. The number of pyridine rings is 1. The van der Waals surface area contributed by atoms with Crippen molar-refractivity contribution in [3.63, 3.8) is 0 Å². The summed E-state index contributed by atoms with van der Waals surface area (Å²) in [5.74, 6) is 0.657. The van der Waals surface area contributed by atoms with Crippen LogP contribution in [0.4, 0.5) is 11.4 Å². The Balaban J connectivity index is 1.89. The maximum Gasteiger partial charge on any atom is 0.311 e. The number of nitrogens with one attached hydrogen (secondary N) is 2. The minimum absolute atomic E-state index is 0.162. The number of rotatable bonds is 9. The number of hydrogen-bond donors (Lipinski definition) is 2. The van der Waals surface area contributed by atoms with Crippen LogP contribution in [-0.2, 0) is 4.79 Å². The van der Waals surface area contributed by atoms with E-state index in [1.165, 1.54) is 6.20 Å². The highest BCUT2D eigenvalue weighted by molar-refractivity contribution is 6.00. The van der Waals surface area contributed by atoms with Crippen molar-refractivity contribution in [1.82, 2.24) is 15.5 Å². The molecule has 1 atom stereocenters. The van der Waals surface area contributed by atoms with E-state index >= 15 is 0 Å². The van der Waals surface area contributed by atoms with Crippen molar-refractivity contribution in [2.75, 3.05) is 18.5 Å². The van der Waals surface area contributed by atoms with Crippen LogP contribution in [0.25, 0.3) is 22.0 Å². The Kier molecular flexibility index (Phi) is 7.14. The molecular formula is C26H27N5O5. The van der Waals surface area contributed by atoms with Gasteiger partial charge in [0.15, 0.2) is 6.61 Å². The highest BCUT2D eigenvalue weighted by Crippen LogP contribution is 2.42. The van der Waals surface area contributed by atoms with E-state index in [4.69, 9.17) is 9.26 Å². The summed E-state index contributed by atoms with van der Waals surface area (Å²) in [6.07, 6.45) is 1.24. The van der Waals surface area contributed by atoms with E-state index < -0.39 is 4.92 Å². The van der Waals surface area contributed by atoms with Gasteiger partial charge >= 0.3 is 5.69 Å². The molecule has 1 amide bonds. The highest BCUT2D eigenvalue weighted by Gasteiger charge is 2.24. The molecule has 0 unspecified atom stereocenters. The molecule has 0 aliphatic rings. The fraction of sp³-hybridized carbons (Fsp3) is 0.269. The number of nitro groups is 1. The average molecular weight is 490 g/mol. The number of carbonyl (C=O) groups excluding carboxylic acids is 1. The lowest BCUT2D eigenvalue weighted by Gasteiger charge is -2.19. The predicted molar refractivity (Wildman–Crippen MR) is 136 cm³/mol. The van der Waals surface area contributed by atoms with Crippen LogP contribution in [0.15, 0.2) is 53.2 Å². The van der Waals surface area contributed by atoms with Gasteiger partial charge in [-0.15, -0.1) is 0 Å². The third-order valence-corrected chi connectivity index (χ3v) is 5.84. The van der Waals surface area contributed by atoms with E-state index in [2.05, 4.69) is 20.8 Å². The van der Waals surface area contributed by atoms with Crippen LogP contribution >= 0.6 is 0 Å².